The molecule has 4 heteroatoms. The van der Waals surface area contributed by atoms with E-state index in [1.165, 1.54) is 43.3 Å². The van der Waals surface area contributed by atoms with E-state index in [4.69, 9.17) is 5.73 Å². The predicted octanol–water partition coefficient (Wildman–Crippen LogP) is 3.22. The van der Waals surface area contributed by atoms with Crippen LogP contribution in [0.25, 0.3) is 10.9 Å². The SMILES string of the molecule is Cl.NC1CCCC2CN(Cc3cnc4ccccc4c3)CC12. The third kappa shape index (κ3) is 2.98. The van der Waals surface area contributed by atoms with Crippen molar-refractivity contribution >= 4 is 23.3 Å². The van der Waals surface area contributed by atoms with Crippen molar-refractivity contribution in [2.75, 3.05) is 13.1 Å². The lowest BCUT2D eigenvalue weighted by atomic mass is 9.78. The average molecular weight is 318 g/mol. The zero-order valence-electron chi connectivity index (χ0n) is 12.8. The number of rotatable bonds is 2. The van der Waals surface area contributed by atoms with E-state index in [2.05, 4.69) is 34.1 Å². The molecule has 2 aliphatic rings. The van der Waals surface area contributed by atoms with Crippen LogP contribution in [0.3, 0.4) is 0 Å². The van der Waals surface area contributed by atoms with Gasteiger partial charge in [-0.2, -0.15) is 0 Å². The van der Waals surface area contributed by atoms with Crippen LogP contribution in [0.5, 0.6) is 0 Å². The smallest absolute Gasteiger partial charge is 0.0702 e. The Morgan fingerprint density at radius 2 is 2.05 bits per heavy atom. The summed E-state index contributed by atoms with van der Waals surface area (Å²) in [4.78, 5) is 7.15. The number of pyridine rings is 1. The Hall–Kier alpha value is -1.16. The van der Waals surface area contributed by atoms with Crippen molar-refractivity contribution in [3.63, 3.8) is 0 Å². The van der Waals surface area contributed by atoms with Gasteiger partial charge < -0.3 is 5.73 Å². The molecule has 1 aromatic carbocycles. The first-order chi connectivity index (χ1) is 10.3. The summed E-state index contributed by atoms with van der Waals surface area (Å²) in [5.74, 6) is 1.54. The normalized spacial score (nSPS) is 28.3. The second-order valence-corrected chi connectivity index (χ2v) is 6.75. The van der Waals surface area contributed by atoms with Crippen LogP contribution in [-0.2, 0) is 6.54 Å². The highest BCUT2D eigenvalue weighted by Gasteiger charge is 2.38. The van der Waals surface area contributed by atoms with Crippen LogP contribution in [0.1, 0.15) is 24.8 Å². The van der Waals surface area contributed by atoms with Gasteiger partial charge in [-0.1, -0.05) is 24.6 Å². The third-order valence-corrected chi connectivity index (χ3v) is 5.28. The minimum atomic E-state index is 0. The highest BCUT2D eigenvalue weighted by atomic mass is 35.5. The summed E-state index contributed by atoms with van der Waals surface area (Å²) in [5, 5.41) is 1.24. The predicted molar refractivity (Wildman–Crippen MR) is 93.1 cm³/mol. The minimum absolute atomic E-state index is 0. The molecule has 1 aromatic heterocycles. The zero-order valence-corrected chi connectivity index (χ0v) is 13.6. The molecule has 0 radical (unpaired) electrons. The van der Waals surface area contributed by atoms with Crippen LogP contribution in [0, 0.1) is 11.8 Å². The van der Waals surface area contributed by atoms with Crippen LogP contribution in [-0.4, -0.2) is 29.0 Å². The number of nitrogens with two attached hydrogens (primary N) is 1. The van der Waals surface area contributed by atoms with Crippen LogP contribution < -0.4 is 5.73 Å². The quantitative estimate of drug-likeness (QED) is 0.924. The molecule has 3 unspecified atom stereocenters. The second-order valence-electron chi connectivity index (χ2n) is 6.75. The van der Waals surface area contributed by atoms with E-state index in [0.717, 1.165) is 18.0 Å². The second kappa shape index (κ2) is 6.53. The number of likely N-dealkylation sites (tertiary alicyclic amines) is 1. The molecule has 3 nitrogen and oxygen atoms in total. The van der Waals surface area contributed by atoms with Crippen molar-refractivity contribution in [2.45, 2.75) is 31.8 Å². The fraction of sp³-hybridized carbons (Fsp3) is 0.500. The number of aromatic nitrogens is 1. The number of benzene rings is 1. The number of halogens is 1. The van der Waals surface area contributed by atoms with E-state index in [9.17, 15) is 0 Å². The summed E-state index contributed by atoms with van der Waals surface area (Å²) in [6, 6.07) is 11.0. The lowest BCUT2D eigenvalue weighted by Crippen LogP contribution is -2.38. The topological polar surface area (TPSA) is 42.1 Å². The number of para-hydroxylation sites is 1. The van der Waals surface area contributed by atoms with Crippen LogP contribution in [0.4, 0.5) is 0 Å². The van der Waals surface area contributed by atoms with Crippen molar-refractivity contribution in [1.29, 1.82) is 0 Å². The van der Waals surface area contributed by atoms with Crippen molar-refractivity contribution in [2.24, 2.45) is 17.6 Å². The standard InChI is InChI=1S/C18H23N3.ClH/c19-17-6-3-5-15-11-21(12-16(15)17)10-13-8-14-4-1-2-7-18(14)20-9-13;/h1-2,4,7-9,15-17H,3,5-6,10-12,19H2;1H. The summed E-state index contributed by atoms with van der Waals surface area (Å²) in [7, 11) is 0. The Morgan fingerprint density at radius 3 is 2.91 bits per heavy atom. The molecule has 3 atom stereocenters. The molecule has 22 heavy (non-hydrogen) atoms. The number of nitrogens with zero attached hydrogens (tertiary/aromatic N) is 2. The van der Waals surface area contributed by atoms with E-state index in [0.29, 0.717) is 12.0 Å². The van der Waals surface area contributed by atoms with Crippen LogP contribution >= 0.6 is 12.4 Å². The van der Waals surface area contributed by atoms with E-state index in [1.807, 2.05) is 12.3 Å². The molecular weight excluding hydrogens is 294 g/mol. The first-order valence-electron chi connectivity index (χ1n) is 8.11. The minimum Gasteiger partial charge on any atom is -0.327 e. The van der Waals surface area contributed by atoms with E-state index < -0.39 is 0 Å². The highest BCUT2D eigenvalue weighted by molar-refractivity contribution is 5.85. The van der Waals surface area contributed by atoms with Gasteiger partial charge in [-0.25, -0.2) is 0 Å². The molecule has 2 fully saturated rings. The van der Waals surface area contributed by atoms with Crippen LogP contribution in [0.2, 0.25) is 0 Å². The van der Waals surface area contributed by atoms with Gasteiger partial charge in [0.15, 0.2) is 0 Å². The van der Waals surface area contributed by atoms with E-state index in [-0.39, 0.29) is 12.4 Å². The summed E-state index contributed by atoms with van der Waals surface area (Å²) < 4.78 is 0. The first-order valence-corrected chi connectivity index (χ1v) is 8.11. The largest absolute Gasteiger partial charge is 0.327 e. The number of hydrogen-bond acceptors (Lipinski definition) is 3. The van der Waals surface area contributed by atoms with Crippen molar-refractivity contribution in [1.82, 2.24) is 9.88 Å². The summed E-state index contributed by atoms with van der Waals surface area (Å²) in [5.41, 5.74) is 8.71. The molecule has 118 valence electrons. The number of fused-ring (bicyclic) bond motifs is 2. The van der Waals surface area contributed by atoms with Crippen molar-refractivity contribution < 1.29 is 0 Å². The first kappa shape index (κ1) is 15.7. The summed E-state index contributed by atoms with van der Waals surface area (Å²) >= 11 is 0. The molecule has 2 aromatic rings. The third-order valence-electron chi connectivity index (χ3n) is 5.28. The molecule has 0 amide bonds. The lowest BCUT2D eigenvalue weighted by Gasteiger charge is -2.29. The fourth-order valence-corrected chi connectivity index (χ4v) is 4.20. The molecule has 1 saturated carbocycles. The van der Waals surface area contributed by atoms with Gasteiger partial charge >= 0.3 is 0 Å². The van der Waals surface area contributed by atoms with Crippen molar-refractivity contribution in [3.05, 3.63) is 42.1 Å². The molecule has 4 rings (SSSR count). The Balaban J connectivity index is 0.00000144. The molecule has 1 aliphatic carbocycles. The van der Waals surface area contributed by atoms with Gasteiger partial charge in [0, 0.05) is 37.3 Å². The van der Waals surface area contributed by atoms with Gasteiger partial charge in [-0.05, 0) is 42.4 Å². The highest BCUT2D eigenvalue weighted by Crippen LogP contribution is 2.36. The van der Waals surface area contributed by atoms with Gasteiger partial charge in [-0.3, -0.25) is 9.88 Å². The Labute approximate surface area is 138 Å². The Kier molecular flexibility index (Phi) is 4.67. The Morgan fingerprint density at radius 1 is 1.18 bits per heavy atom. The van der Waals surface area contributed by atoms with E-state index >= 15 is 0 Å². The summed E-state index contributed by atoms with van der Waals surface area (Å²) in [6.45, 7) is 3.39. The van der Waals surface area contributed by atoms with Gasteiger partial charge in [0.2, 0.25) is 0 Å². The maximum absolute atomic E-state index is 6.31. The fourth-order valence-electron chi connectivity index (χ4n) is 4.20. The monoisotopic (exact) mass is 317 g/mol. The maximum atomic E-state index is 6.31. The average Bonchev–Trinajstić information content (AvgIpc) is 2.91. The zero-order chi connectivity index (χ0) is 14.2. The van der Waals surface area contributed by atoms with Gasteiger partial charge in [-0.15, -0.1) is 12.4 Å². The van der Waals surface area contributed by atoms with Gasteiger partial charge in [0.25, 0.3) is 0 Å². The van der Waals surface area contributed by atoms with E-state index in [1.54, 1.807) is 0 Å². The van der Waals surface area contributed by atoms with Crippen LogP contribution in [0.15, 0.2) is 36.5 Å². The lowest BCUT2D eigenvalue weighted by molar-refractivity contribution is 0.259. The molecule has 1 aliphatic heterocycles. The van der Waals surface area contributed by atoms with Crippen molar-refractivity contribution in [3.8, 4) is 0 Å². The molecule has 2 heterocycles. The maximum Gasteiger partial charge on any atom is 0.0702 e. The molecule has 0 bridgehead atoms. The Bertz CT molecular complexity index is 645. The molecule has 0 spiro atoms. The molecular formula is C18H24ClN3. The van der Waals surface area contributed by atoms with Gasteiger partial charge in [0.05, 0.1) is 5.52 Å². The molecule has 1 saturated heterocycles. The molecule has 2 N–H and O–H groups in total. The number of hydrogen-bond donors (Lipinski definition) is 1. The van der Waals surface area contributed by atoms with Gasteiger partial charge in [0.1, 0.15) is 0 Å². The summed E-state index contributed by atoms with van der Waals surface area (Å²) in [6.07, 6.45) is 5.93.